The highest BCUT2D eigenvalue weighted by molar-refractivity contribution is 5.97. The van der Waals surface area contributed by atoms with E-state index in [1.54, 1.807) is 7.11 Å². The summed E-state index contributed by atoms with van der Waals surface area (Å²) in [6.07, 6.45) is 3.08. The van der Waals surface area contributed by atoms with E-state index in [9.17, 15) is 4.79 Å². The highest BCUT2D eigenvalue weighted by Crippen LogP contribution is 2.36. The second kappa shape index (κ2) is 4.72. The molecule has 1 aromatic heterocycles. The van der Waals surface area contributed by atoms with Gasteiger partial charge in [0.1, 0.15) is 0 Å². The monoisotopic (exact) mass is 261 g/mol. The van der Waals surface area contributed by atoms with Crippen LogP contribution in [-0.2, 0) is 4.79 Å². The lowest BCUT2D eigenvalue weighted by atomic mass is 10.2. The molecule has 0 atom stereocenters. The van der Waals surface area contributed by atoms with Crippen molar-refractivity contribution >= 4 is 17.4 Å². The summed E-state index contributed by atoms with van der Waals surface area (Å²) in [6.45, 7) is 1.55. The van der Waals surface area contributed by atoms with E-state index in [2.05, 4.69) is 9.88 Å². The molecular weight excluding hydrogens is 242 g/mol. The molecule has 0 N–H and O–H groups in total. The molecular formula is C14H19N3O2. The number of carbonyl (C=O) groups excluding carboxylic acids is 1. The standard InChI is InChI=1S/C14H19N3O2/c1-16-7-8-17(13(18)9-10-3-4-10)11-5-6-12(19-2)15-14(11)16/h5-6,10H,3-4,7-9H2,1-2H3. The van der Waals surface area contributed by atoms with Gasteiger partial charge in [-0.1, -0.05) is 0 Å². The lowest BCUT2D eigenvalue weighted by Gasteiger charge is -2.34. The molecule has 3 rings (SSSR count). The summed E-state index contributed by atoms with van der Waals surface area (Å²) in [5.41, 5.74) is 0.903. The molecule has 1 aromatic rings. The molecule has 5 heteroatoms. The van der Waals surface area contributed by atoms with Gasteiger partial charge in [0.15, 0.2) is 5.82 Å². The molecule has 0 bridgehead atoms. The van der Waals surface area contributed by atoms with Gasteiger partial charge in [0, 0.05) is 32.6 Å². The molecule has 2 heterocycles. The van der Waals surface area contributed by atoms with E-state index in [4.69, 9.17) is 4.74 Å². The number of anilines is 2. The van der Waals surface area contributed by atoms with Crippen molar-refractivity contribution in [2.24, 2.45) is 5.92 Å². The lowest BCUT2D eigenvalue weighted by molar-refractivity contribution is -0.118. The van der Waals surface area contributed by atoms with E-state index in [-0.39, 0.29) is 5.91 Å². The van der Waals surface area contributed by atoms with E-state index in [1.807, 2.05) is 24.1 Å². The second-order valence-electron chi connectivity index (χ2n) is 5.31. The summed E-state index contributed by atoms with van der Waals surface area (Å²) in [5.74, 6) is 2.25. The Morgan fingerprint density at radius 2 is 2.21 bits per heavy atom. The van der Waals surface area contributed by atoms with Crippen LogP contribution in [0, 0.1) is 5.92 Å². The number of likely N-dealkylation sites (N-methyl/N-ethyl adjacent to an activating group) is 1. The number of fused-ring (bicyclic) bond motifs is 1. The van der Waals surface area contributed by atoms with Gasteiger partial charge in [0.2, 0.25) is 11.8 Å². The summed E-state index contributed by atoms with van der Waals surface area (Å²) in [7, 11) is 3.60. The Labute approximate surface area is 113 Å². The topological polar surface area (TPSA) is 45.7 Å². The minimum atomic E-state index is 0.226. The molecule has 0 saturated heterocycles. The van der Waals surface area contributed by atoms with Crippen LogP contribution in [0.1, 0.15) is 19.3 Å². The minimum absolute atomic E-state index is 0.226. The van der Waals surface area contributed by atoms with Crippen LogP contribution in [-0.4, -0.2) is 38.1 Å². The smallest absolute Gasteiger partial charge is 0.227 e. The molecule has 0 spiro atoms. The van der Waals surface area contributed by atoms with Gasteiger partial charge in [-0.15, -0.1) is 0 Å². The first kappa shape index (κ1) is 12.3. The average Bonchev–Trinajstić information content (AvgIpc) is 3.22. The van der Waals surface area contributed by atoms with Gasteiger partial charge in [-0.25, -0.2) is 0 Å². The molecule has 19 heavy (non-hydrogen) atoms. The number of nitrogens with zero attached hydrogens (tertiary/aromatic N) is 3. The van der Waals surface area contributed by atoms with E-state index in [0.717, 1.165) is 24.6 Å². The number of methoxy groups -OCH3 is 1. The summed E-state index contributed by atoms with van der Waals surface area (Å²) >= 11 is 0. The van der Waals surface area contributed by atoms with Gasteiger partial charge in [0.25, 0.3) is 0 Å². The first-order chi connectivity index (χ1) is 9.19. The number of rotatable bonds is 3. The molecule has 2 aliphatic rings. The van der Waals surface area contributed by atoms with Crippen LogP contribution < -0.4 is 14.5 Å². The van der Waals surface area contributed by atoms with Gasteiger partial charge < -0.3 is 14.5 Å². The molecule has 1 saturated carbocycles. The number of amides is 1. The third-order valence-electron chi connectivity index (χ3n) is 3.81. The number of hydrogen-bond donors (Lipinski definition) is 0. The van der Waals surface area contributed by atoms with Crippen molar-refractivity contribution in [2.75, 3.05) is 37.0 Å². The molecule has 1 fully saturated rings. The predicted octanol–water partition coefficient (Wildman–Crippen LogP) is 1.67. The Morgan fingerprint density at radius 3 is 2.89 bits per heavy atom. The maximum atomic E-state index is 12.3. The Kier molecular flexibility index (Phi) is 3.05. The van der Waals surface area contributed by atoms with Gasteiger partial charge in [-0.2, -0.15) is 4.98 Å². The molecule has 1 aliphatic carbocycles. The highest BCUT2D eigenvalue weighted by Gasteiger charge is 2.31. The zero-order chi connectivity index (χ0) is 13.4. The first-order valence-corrected chi connectivity index (χ1v) is 6.75. The van der Waals surface area contributed by atoms with Crippen LogP contribution in [0.25, 0.3) is 0 Å². The second-order valence-corrected chi connectivity index (χ2v) is 5.31. The Balaban J connectivity index is 1.88. The SMILES string of the molecule is COc1ccc2c(n1)N(C)CCN2C(=O)CC1CC1. The van der Waals surface area contributed by atoms with E-state index in [0.29, 0.717) is 18.2 Å². The largest absolute Gasteiger partial charge is 0.481 e. The number of aromatic nitrogens is 1. The van der Waals surface area contributed by atoms with Crippen LogP contribution in [0.5, 0.6) is 5.88 Å². The summed E-state index contributed by atoms with van der Waals surface area (Å²) in [4.78, 5) is 20.7. The number of carbonyl (C=O) groups is 1. The van der Waals surface area contributed by atoms with Crippen LogP contribution >= 0.6 is 0 Å². The van der Waals surface area contributed by atoms with Crippen LogP contribution in [0.2, 0.25) is 0 Å². The Hall–Kier alpha value is -1.78. The van der Waals surface area contributed by atoms with Gasteiger partial charge in [0.05, 0.1) is 12.8 Å². The third kappa shape index (κ3) is 2.37. The molecule has 0 unspecified atom stereocenters. The number of pyridine rings is 1. The van der Waals surface area contributed by atoms with Gasteiger partial charge in [-0.3, -0.25) is 4.79 Å². The number of hydrogen-bond acceptors (Lipinski definition) is 4. The summed E-state index contributed by atoms with van der Waals surface area (Å²) in [6, 6.07) is 3.75. The molecule has 1 amide bonds. The van der Waals surface area contributed by atoms with Gasteiger partial charge in [-0.05, 0) is 24.8 Å². The fraction of sp³-hybridized carbons (Fsp3) is 0.571. The van der Waals surface area contributed by atoms with E-state index >= 15 is 0 Å². The molecule has 1 aliphatic heterocycles. The van der Waals surface area contributed by atoms with E-state index in [1.165, 1.54) is 12.8 Å². The maximum absolute atomic E-state index is 12.3. The zero-order valence-corrected chi connectivity index (χ0v) is 11.4. The third-order valence-corrected chi connectivity index (χ3v) is 3.81. The van der Waals surface area contributed by atoms with Crippen molar-refractivity contribution in [1.82, 2.24) is 4.98 Å². The Bertz CT molecular complexity index is 499. The van der Waals surface area contributed by atoms with Gasteiger partial charge >= 0.3 is 0 Å². The van der Waals surface area contributed by atoms with Crippen LogP contribution in [0.4, 0.5) is 11.5 Å². The van der Waals surface area contributed by atoms with Crippen molar-refractivity contribution in [1.29, 1.82) is 0 Å². The minimum Gasteiger partial charge on any atom is -0.481 e. The summed E-state index contributed by atoms with van der Waals surface area (Å²) in [5, 5.41) is 0. The van der Waals surface area contributed by atoms with Crippen molar-refractivity contribution in [2.45, 2.75) is 19.3 Å². The fourth-order valence-electron chi connectivity index (χ4n) is 2.44. The first-order valence-electron chi connectivity index (χ1n) is 6.75. The zero-order valence-electron chi connectivity index (χ0n) is 11.4. The molecule has 5 nitrogen and oxygen atoms in total. The van der Waals surface area contributed by atoms with Crippen molar-refractivity contribution in [3.05, 3.63) is 12.1 Å². The fourth-order valence-corrected chi connectivity index (χ4v) is 2.44. The van der Waals surface area contributed by atoms with Crippen LogP contribution in [0.15, 0.2) is 12.1 Å². The quantitative estimate of drug-likeness (QED) is 0.830. The number of ether oxygens (including phenoxy) is 1. The maximum Gasteiger partial charge on any atom is 0.227 e. The van der Waals surface area contributed by atoms with Crippen molar-refractivity contribution in [3.63, 3.8) is 0 Å². The highest BCUT2D eigenvalue weighted by atomic mass is 16.5. The molecule has 0 radical (unpaired) electrons. The van der Waals surface area contributed by atoms with Crippen molar-refractivity contribution < 1.29 is 9.53 Å². The average molecular weight is 261 g/mol. The van der Waals surface area contributed by atoms with Crippen molar-refractivity contribution in [3.8, 4) is 5.88 Å². The lowest BCUT2D eigenvalue weighted by Crippen LogP contribution is -2.43. The Morgan fingerprint density at radius 1 is 1.42 bits per heavy atom. The predicted molar refractivity (Wildman–Crippen MR) is 73.8 cm³/mol. The molecule has 102 valence electrons. The van der Waals surface area contributed by atoms with E-state index < -0.39 is 0 Å². The summed E-state index contributed by atoms with van der Waals surface area (Å²) < 4.78 is 5.16. The van der Waals surface area contributed by atoms with Crippen LogP contribution in [0.3, 0.4) is 0 Å². The normalized spacial score (nSPS) is 18.2. The molecule has 0 aromatic carbocycles.